The lowest BCUT2D eigenvalue weighted by Gasteiger charge is -2.31. The number of likely N-dealkylation sites (tertiary alicyclic amines) is 1. The Morgan fingerprint density at radius 1 is 1.03 bits per heavy atom. The van der Waals surface area contributed by atoms with Gasteiger partial charge in [0.05, 0.1) is 24.7 Å². The van der Waals surface area contributed by atoms with Gasteiger partial charge in [0, 0.05) is 45.2 Å². The number of nitrogens with one attached hydrogen (secondary N) is 2. The predicted molar refractivity (Wildman–Crippen MR) is 125 cm³/mol. The molecule has 2 N–H and O–H groups in total. The Balaban J connectivity index is 1.38. The molecule has 1 aromatic carbocycles. The number of hydrogen-bond donors (Lipinski definition) is 2. The second kappa shape index (κ2) is 12.5. The van der Waals surface area contributed by atoms with Crippen molar-refractivity contribution in [2.75, 3.05) is 52.5 Å². The Labute approximate surface area is 196 Å². The summed E-state index contributed by atoms with van der Waals surface area (Å²) in [6.07, 6.45) is 3.51. The van der Waals surface area contributed by atoms with E-state index >= 15 is 0 Å². The molecule has 0 spiro atoms. The second-order valence-corrected chi connectivity index (χ2v) is 10.6. The summed E-state index contributed by atoms with van der Waals surface area (Å²) in [5.74, 6) is 0.0576. The highest BCUT2D eigenvalue weighted by molar-refractivity contribution is 7.89. The number of nitrogens with zero attached hydrogens (tertiary/aromatic N) is 2. The van der Waals surface area contributed by atoms with E-state index in [1.807, 2.05) is 6.92 Å². The molecule has 0 aromatic heterocycles. The lowest BCUT2D eigenvalue weighted by atomic mass is 10.0. The second-order valence-electron chi connectivity index (χ2n) is 8.63. The molecule has 1 aromatic rings. The number of ether oxygens (including phenoxy) is 1. The van der Waals surface area contributed by atoms with Crippen molar-refractivity contribution >= 4 is 21.8 Å². The van der Waals surface area contributed by atoms with Crippen molar-refractivity contribution in [1.29, 1.82) is 0 Å². The molecule has 0 unspecified atom stereocenters. The van der Waals surface area contributed by atoms with Crippen LogP contribution in [0.3, 0.4) is 0 Å². The normalized spacial score (nSPS) is 18.7. The van der Waals surface area contributed by atoms with Crippen LogP contribution in [-0.2, 0) is 30.8 Å². The number of rotatable bonds is 10. The maximum absolute atomic E-state index is 12.7. The van der Waals surface area contributed by atoms with Gasteiger partial charge in [0.25, 0.3) is 0 Å². The zero-order chi connectivity index (χ0) is 23.7. The molecule has 184 valence electrons. The van der Waals surface area contributed by atoms with Gasteiger partial charge in [0.2, 0.25) is 21.8 Å². The molecule has 0 saturated carbocycles. The third-order valence-electron chi connectivity index (χ3n) is 6.06. The summed E-state index contributed by atoms with van der Waals surface area (Å²) in [7, 11) is -3.50. The molecule has 0 aliphatic carbocycles. The van der Waals surface area contributed by atoms with E-state index in [-0.39, 0.29) is 22.8 Å². The molecule has 2 aliphatic heterocycles. The van der Waals surface area contributed by atoms with Crippen LogP contribution < -0.4 is 10.6 Å². The van der Waals surface area contributed by atoms with Crippen LogP contribution in [0.1, 0.15) is 38.2 Å². The quantitative estimate of drug-likeness (QED) is 0.512. The molecule has 3 rings (SSSR count). The van der Waals surface area contributed by atoms with Crippen LogP contribution in [0.15, 0.2) is 29.2 Å². The van der Waals surface area contributed by atoms with Gasteiger partial charge in [0.15, 0.2) is 0 Å². The summed E-state index contributed by atoms with van der Waals surface area (Å²) in [4.78, 5) is 26.6. The van der Waals surface area contributed by atoms with Gasteiger partial charge in [-0.25, -0.2) is 8.42 Å². The van der Waals surface area contributed by atoms with Crippen molar-refractivity contribution in [2.45, 2.75) is 50.0 Å². The Hall–Kier alpha value is -2.01. The van der Waals surface area contributed by atoms with E-state index in [9.17, 15) is 18.0 Å². The Kier molecular flexibility index (Phi) is 9.66. The smallest absolute Gasteiger partial charge is 0.243 e. The maximum atomic E-state index is 12.7. The highest BCUT2D eigenvalue weighted by atomic mass is 32.2. The summed E-state index contributed by atoms with van der Waals surface area (Å²) in [5.41, 5.74) is 0.930. The summed E-state index contributed by atoms with van der Waals surface area (Å²) in [6, 6.07) is 6.92. The number of piperidine rings is 1. The van der Waals surface area contributed by atoms with Crippen LogP contribution in [0.25, 0.3) is 0 Å². The van der Waals surface area contributed by atoms with Gasteiger partial charge in [-0.05, 0) is 43.4 Å². The largest absolute Gasteiger partial charge is 0.379 e. The van der Waals surface area contributed by atoms with E-state index in [0.29, 0.717) is 52.2 Å². The SMILES string of the molecule is CCCNC(=O)CN1CCC(NC(=O)CCc2ccc(S(=O)(=O)N3CCOCC3)cc2)CC1. The van der Waals surface area contributed by atoms with Gasteiger partial charge in [-0.1, -0.05) is 19.1 Å². The lowest BCUT2D eigenvalue weighted by molar-refractivity contribution is -0.124. The van der Waals surface area contributed by atoms with E-state index in [1.54, 1.807) is 24.3 Å². The van der Waals surface area contributed by atoms with Gasteiger partial charge < -0.3 is 15.4 Å². The van der Waals surface area contributed by atoms with Crippen LogP contribution in [0.4, 0.5) is 0 Å². The third-order valence-corrected chi connectivity index (χ3v) is 7.98. The first-order valence-corrected chi connectivity index (χ1v) is 13.3. The van der Waals surface area contributed by atoms with Gasteiger partial charge in [-0.2, -0.15) is 4.31 Å². The summed E-state index contributed by atoms with van der Waals surface area (Å²) in [6.45, 7) is 6.31. The van der Waals surface area contributed by atoms with Crippen LogP contribution >= 0.6 is 0 Å². The van der Waals surface area contributed by atoms with E-state index in [4.69, 9.17) is 4.74 Å². The predicted octanol–water partition coefficient (Wildman–Crippen LogP) is 0.747. The monoisotopic (exact) mass is 480 g/mol. The highest BCUT2D eigenvalue weighted by Crippen LogP contribution is 2.18. The first kappa shape index (κ1) is 25.6. The Morgan fingerprint density at radius 3 is 2.33 bits per heavy atom. The fourth-order valence-electron chi connectivity index (χ4n) is 4.08. The molecule has 10 heteroatoms. The molecule has 0 bridgehead atoms. The van der Waals surface area contributed by atoms with E-state index in [2.05, 4.69) is 15.5 Å². The van der Waals surface area contributed by atoms with E-state index in [0.717, 1.165) is 37.9 Å². The average Bonchev–Trinajstić information content (AvgIpc) is 2.83. The minimum Gasteiger partial charge on any atom is -0.379 e. The minimum absolute atomic E-state index is 0.000784. The van der Waals surface area contributed by atoms with Crippen molar-refractivity contribution in [3.05, 3.63) is 29.8 Å². The first-order valence-electron chi connectivity index (χ1n) is 11.8. The van der Waals surface area contributed by atoms with Crippen LogP contribution in [0, 0.1) is 0 Å². The Morgan fingerprint density at radius 2 is 1.70 bits per heavy atom. The number of carbonyl (C=O) groups is 2. The molecule has 2 aliphatic rings. The topological polar surface area (TPSA) is 108 Å². The first-order chi connectivity index (χ1) is 15.9. The fraction of sp³-hybridized carbons (Fsp3) is 0.652. The van der Waals surface area contributed by atoms with Gasteiger partial charge in [-0.3, -0.25) is 14.5 Å². The fourth-order valence-corrected chi connectivity index (χ4v) is 5.49. The minimum atomic E-state index is -3.50. The molecule has 9 nitrogen and oxygen atoms in total. The molecule has 2 fully saturated rings. The van der Waals surface area contributed by atoms with Gasteiger partial charge in [-0.15, -0.1) is 0 Å². The van der Waals surface area contributed by atoms with Crippen molar-refractivity contribution in [2.24, 2.45) is 0 Å². The lowest BCUT2D eigenvalue weighted by Crippen LogP contribution is -2.47. The van der Waals surface area contributed by atoms with Gasteiger partial charge >= 0.3 is 0 Å². The third kappa shape index (κ3) is 7.77. The Bertz CT molecular complexity index is 877. The number of hydrogen-bond acceptors (Lipinski definition) is 6. The standard InChI is InChI=1S/C23H36N4O5S/c1-2-11-24-23(29)18-26-12-9-20(10-13-26)25-22(28)8-5-19-3-6-21(7-4-19)33(30,31)27-14-16-32-17-15-27/h3-4,6-7,20H,2,5,8-18H2,1H3,(H,24,29)(H,25,28). The number of benzene rings is 1. The zero-order valence-corrected chi connectivity index (χ0v) is 20.2. The number of morpholine rings is 1. The van der Waals surface area contributed by atoms with Crippen molar-refractivity contribution in [3.63, 3.8) is 0 Å². The molecule has 0 atom stereocenters. The molecular weight excluding hydrogens is 444 g/mol. The number of carbonyl (C=O) groups excluding carboxylic acids is 2. The van der Waals surface area contributed by atoms with Crippen molar-refractivity contribution in [1.82, 2.24) is 19.8 Å². The molecule has 2 heterocycles. The van der Waals surface area contributed by atoms with E-state index in [1.165, 1.54) is 4.31 Å². The highest BCUT2D eigenvalue weighted by Gasteiger charge is 2.26. The molecular formula is C23H36N4O5S. The summed E-state index contributed by atoms with van der Waals surface area (Å²) < 4.78 is 32.1. The van der Waals surface area contributed by atoms with Crippen LogP contribution in [0.5, 0.6) is 0 Å². The molecule has 2 amide bonds. The molecule has 2 saturated heterocycles. The summed E-state index contributed by atoms with van der Waals surface area (Å²) in [5, 5.41) is 5.99. The molecule has 0 radical (unpaired) electrons. The van der Waals surface area contributed by atoms with Gasteiger partial charge in [0.1, 0.15) is 0 Å². The van der Waals surface area contributed by atoms with Crippen LogP contribution in [0.2, 0.25) is 0 Å². The van der Waals surface area contributed by atoms with Crippen molar-refractivity contribution in [3.8, 4) is 0 Å². The number of amides is 2. The number of sulfonamides is 1. The van der Waals surface area contributed by atoms with Crippen LogP contribution in [-0.4, -0.2) is 88.0 Å². The van der Waals surface area contributed by atoms with E-state index < -0.39 is 10.0 Å². The zero-order valence-electron chi connectivity index (χ0n) is 19.4. The maximum Gasteiger partial charge on any atom is 0.243 e. The molecule has 33 heavy (non-hydrogen) atoms. The van der Waals surface area contributed by atoms with Crippen molar-refractivity contribution < 1.29 is 22.7 Å². The average molecular weight is 481 g/mol. The summed E-state index contributed by atoms with van der Waals surface area (Å²) >= 11 is 0. The number of aryl methyl sites for hydroxylation is 1.